The Hall–Kier alpha value is -1.31. The third-order valence-corrected chi connectivity index (χ3v) is 3.10. The Labute approximate surface area is 122 Å². The van der Waals surface area contributed by atoms with E-state index in [1.807, 2.05) is 0 Å². The number of aliphatic hydroxyl groups excluding tert-OH is 1. The predicted molar refractivity (Wildman–Crippen MR) is 74.1 cm³/mol. The fourth-order valence-electron chi connectivity index (χ4n) is 2.35. The maximum atomic E-state index is 12.7. The van der Waals surface area contributed by atoms with Gasteiger partial charge in [0.05, 0.1) is 26.3 Å². The number of ether oxygens (including phenoxy) is 1. The fourth-order valence-corrected chi connectivity index (χ4v) is 2.35. The summed E-state index contributed by atoms with van der Waals surface area (Å²) >= 11 is 0. The molecule has 0 aliphatic heterocycles. The molecule has 3 N–H and O–H groups in total. The largest absolute Gasteiger partial charge is 0.497 e. The van der Waals surface area contributed by atoms with E-state index in [1.165, 1.54) is 7.11 Å². The fraction of sp³-hybridized carbons (Fsp3) is 0.571. The Balaban J connectivity index is 3.11. The number of alkyl halides is 3. The summed E-state index contributed by atoms with van der Waals surface area (Å²) in [6.45, 7) is 0.0358. The minimum Gasteiger partial charge on any atom is -0.497 e. The Kier molecular flexibility index (Phi) is 6.44. The van der Waals surface area contributed by atoms with Gasteiger partial charge in [0.15, 0.2) is 0 Å². The molecule has 0 aliphatic carbocycles. The molecule has 0 fully saturated rings. The molecule has 0 aromatic heterocycles. The Morgan fingerprint density at radius 3 is 2.52 bits per heavy atom. The van der Waals surface area contributed by atoms with Crippen LogP contribution in [0.4, 0.5) is 13.2 Å². The number of aliphatic hydroxyl groups is 1. The first kappa shape index (κ1) is 17.7. The van der Waals surface area contributed by atoms with Gasteiger partial charge in [-0.3, -0.25) is 4.90 Å². The number of methoxy groups -OCH3 is 1. The quantitative estimate of drug-likeness (QED) is 0.808. The molecule has 120 valence electrons. The maximum absolute atomic E-state index is 12.7. The van der Waals surface area contributed by atoms with Crippen molar-refractivity contribution >= 4 is 0 Å². The first-order chi connectivity index (χ1) is 9.78. The van der Waals surface area contributed by atoms with Gasteiger partial charge in [-0.25, -0.2) is 0 Å². The van der Waals surface area contributed by atoms with Crippen LogP contribution in [-0.2, 0) is 0 Å². The zero-order valence-electron chi connectivity index (χ0n) is 12.1. The van der Waals surface area contributed by atoms with Crippen LogP contribution in [0.25, 0.3) is 0 Å². The average Bonchev–Trinajstić information content (AvgIpc) is 2.37. The van der Waals surface area contributed by atoms with Gasteiger partial charge >= 0.3 is 6.18 Å². The summed E-state index contributed by atoms with van der Waals surface area (Å²) in [5.74, 6) is 0.550. The number of nitrogens with two attached hydrogens (primary N) is 1. The van der Waals surface area contributed by atoms with E-state index >= 15 is 0 Å². The molecule has 2 unspecified atom stereocenters. The number of rotatable bonds is 7. The Bertz CT molecular complexity index is 438. The van der Waals surface area contributed by atoms with Gasteiger partial charge in [0.1, 0.15) is 5.75 Å². The van der Waals surface area contributed by atoms with E-state index < -0.39 is 24.8 Å². The van der Waals surface area contributed by atoms with E-state index in [2.05, 4.69) is 0 Å². The van der Waals surface area contributed by atoms with E-state index in [0.29, 0.717) is 11.3 Å². The highest BCUT2D eigenvalue weighted by Crippen LogP contribution is 2.29. The summed E-state index contributed by atoms with van der Waals surface area (Å²) in [4.78, 5) is 1.14. The van der Waals surface area contributed by atoms with Crippen LogP contribution in [0.5, 0.6) is 5.75 Å². The molecule has 0 saturated carbocycles. The highest BCUT2D eigenvalue weighted by molar-refractivity contribution is 5.31. The highest BCUT2D eigenvalue weighted by atomic mass is 19.4. The molecule has 0 heterocycles. The molecule has 1 aromatic carbocycles. The number of hydrogen-bond acceptors (Lipinski definition) is 4. The molecule has 1 rings (SSSR count). The van der Waals surface area contributed by atoms with E-state index in [0.717, 1.165) is 4.90 Å². The molecular formula is C14H21F3N2O2. The smallest absolute Gasteiger partial charge is 0.401 e. The van der Waals surface area contributed by atoms with Crippen LogP contribution < -0.4 is 10.5 Å². The molecule has 7 heteroatoms. The lowest BCUT2D eigenvalue weighted by Gasteiger charge is -2.34. The molecule has 21 heavy (non-hydrogen) atoms. The summed E-state index contributed by atoms with van der Waals surface area (Å²) in [5, 5.41) is 9.04. The van der Waals surface area contributed by atoms with E-state index in [4.69, 9.17) is 15.6 Å². The van der Waals surface area contributed by atoms with Crippen molar-refractivity contribution in [3.05, 3.63) is 29.8 Å². The topological polar surface area (TPSA) is 58.7 Å². The van der Waals surface area contributed by atoms with Crippen molar-refractivity contribution in [2.45, 2.75) is 25.2 Å². The maximum Gasteiger partial charge on any atom is 0.401 e. The van der Waals surface area contributed by atoms with Crippen molar-refractivity contribution in [2.24, 2.45) is 5.73 Å². The molecule has 2 atom stereocenters. The summed E-state index contributed by atoms with van der Waals surface area (Å²) in [5.41, 5.74) is 6.51. The van der Waals surface area contributed by atoms with Crippen molar-refractivity contribution in [3.63, 3.8) is 0 Å². The molecule has 0 spiro atoms. The zero-order chi connectivity index (χ0) is 16.0. The monoisotopic (exact) mass is 306 g/mol. The normalized spacial score (nSPS) is 15.0. The number of hydrogen-bond donors (Lipinski definition) is 2. The molecule has 0 amide bonds. The summed E-state index contributed by atoms with van der Waals surface area (Å²) in [7, 11) is 1.49. The number of benzene rings is 1. The molecule has 4 nitrogen and oxygen atoms in total. The first-order valence-corrected chi connectivity index (χ1v) is 6.59. The predicted octanol–water partition coefficient (Wildman–Crippen LogP) is 1.94. The van der Waals surface area contributed by atoms with E-state index in [1.54, 1.807) is 31.2 Å². The average molecular weight is 306 g/mol. The molecule has 1 aromatic rings. The summed E-state index contributed by atoms with van der Waals surface area (Å²) in [6.07, 6.45) is -4.36. The van der Waals surface area contributed by atoms with Crippen molar-refractivity contribution in [1.82, 2.24) is 4.90 Å². The van der Waals surface area contributed by atoms with Crippen LogP contribution >= 0.6 is 0 Å². The van der Waals surface area contributed by atoms with E-state index in [9.17, 15) is 13.2 Å². The second-order valence-corrected chi connectivity index (χ2v) is 4.89. The van der Waals surface area contributed by atoms with Gasteiger partial charge < -0.3 is 15.6 Å². The lowest BCUT2D eigenvalue weighted by Crippen LogP contribution is -2.45. The van der Waals surface area contributed by atoms with Gasteiger partial charge in [0.25, 0.3) is 0 Å². The summed E-state index contributed by atoms with van der Waals surface area (Å²) in [6, 6.07) is 5.59. The van der Waals surface area contributed by atoms with E-state index in [-0.39, 0.29) is 13.2 Å². The van der Waals surface area contributed by atoms with Gasteiger partial charge in [-0.2, -0.15) is 13.2 Å². The van der Waals surface area contributed by atoms with Crippen molar-refractivity contribution in [2.75, 3.05) is 26.8 Å². The van der Waals surface area contributed by atoms with Crippen LogP contribution in [0.1, 0.15) is 18.5 Å². The molecule has 0 aliphatic rings. The van der Waals surface area contributed by atoms with Gasteiger partial charge in [0, 0.05) is 12.6 Å². The van der Waals surface area contributed by atoms with Crippen LogP contribution in [0.2, 0.25) is 0 Å². The second-order valence-electron chi connectivity index (χ2n) is 4.89. The minimum absolute atomic E-state index is 0.108. The van der Waals surface area contributed by atoms with Crippen LogP contribution in [0.3, 0.4) is 0 Å². The number of halogens is 3. The second kappa shape index (κ2) is 7.63. The first-order valence-electron chi connectivity index (χ1n) is 6.59. The third-order valence-electron chi connectivity index (χ3n) is 3.10. The van der Waals surface area contributed by atoms with Crippen LogP contribution in [0, 0.1) is 0 Å². The number of nitrogens with zero attached hydrogens (tertiary/aromatic N) is 1. The Morgan fingerprint density at radius 2 is 2.05 bits per heavy atom. The van der Waals surface area contributed by atoms with Gasteiger partial charge in [-0.05, 0) is 24.6 Å². The molecule has 0 radical (unpaired) electrons. The van der Waals surface area contributed by atoms with Crippen molar-refractivity contribution in [1.29, 1.82) is 0 Å². The van der Waals surface area contributed by atoms with Crippen LogP contribution in [-0.4, -0.2) is 49.0 Å². The lowest BCUT2D eigenvalue weighted by atomic mass is 9.98. The molecular weight excluding hydrogens is 285 g/mol. The summed E-state index contributed by atoms with van der Waals surface area (Å²) < 4.78 is 43.3. The van der Waals surface area contributed by atoms with Gasteiger partial charge in [-0.15, -0.1) is 0 Å². The zero-order valence-corrected chi connectivity index (χ0v) is 12.1. The minimum atomic E-state index is -4.36. The lowest BCUT2D eigenvalue weighted by molar-refractivity contribution is -0.153. The van der Waals surface area contributed by atoms with Gasteiger partial charge in [-0.1, -0.05) is 12.1 Å². The molecule has 0 saturated heterocycles. The van der Waals surface area contributed by atoms with Crippen molar-refractivity contribution in [3.8, 4) is 5.75 Å². The molecule has 0 bridgehead atoms. The highest BCUT2D eigenvalue weighted by Gasteiger charge is 2.35. The van der Waals surface area contributed by atoms with Crippen LogP contribution in [0.15, 0.2) is 24.3 Å². The van der Waals surface area contributed by atoms with Gasteiger partial charge in [0.2, 0.25) is 0 Å². The SMILES string of the molecule is COc1cccc(C(C(C)N)N(CCO)CC(F)(F)F)c1. The standard InChI is InChI=1S/C14H21F3N2O2/c1-10(18)13(11-4-3-5-12(8-11)21-2)19(6-7-20)9-14(15,16)17/h3-5,8,10,13,20H,6-7,9,18H2,1-2H3. The van der Waals surface area contributed by atoms with Crippen molar-refractivity contribution < 1.29 is 23.0 Å². The Morgan fingerprint density at radius 1 is 1.38 bits per heavy atom. The third kappa shape index (κ3) is 5.53.